The lowest BCUT2D eigenvalue weighted by atomic mass is 10.1. The average molecular weight is 333 g/mol. The van der Waals surface area contributed by atoms with Gasteiger partial charge in [0.05, 0.1) is 5.69 Å². The van der Waals surface area contributed by atoms with Gasteiger partial charge in [0, 0.05) is 37.0 Å². The van der Waals surface area contributed by atoms with Crippen LogP contribution in [0.25, 0.3) is 11.3 Å². The second-order valence-corrected chi connectivity index (χ2v) is 6.52. The second kappa shape index (κ2) is 7.55. The van der Waals surface area contributed by atoms with Crippen molar-refractivity contribution >= 4 is 22.4 Å². The Morgan fingerprint density at radius 2 is 1.96 bits per heavy atom. The van der Waals surface area contributed by atoms with Gasteiger partial charge < -0.3 is 10.2 Å². The van der Waals surface area contributed by atoms with Crippen LogP contribution < -0.4 is 5.32 Å². The molecule has 0 bridgehead atoms. The first-order valence-corrected chi connectivity index (χ1v) is 8.83. The molecule has 1 aromatic carbocycles. The molecule has 1 N–H and O–H groups in total. The average Bonchev–Trinajstić information content (AvgIpc) is 3.05. The Bertz CT molecular complexity index is 650. The number of nitrogens with one attached hydrogen (secondary N) is 1. The number of amides is 1. The molecule has 1 saturated heterocycles. The largest absolute Gasteiger partial charge is 0.361 e. The van der Waals surface area contributed by atoms with Gasteiger partial charge in [-0.05, 0) is 43.5 Å². The number of halogens is 1. The number of nitrogens with zero attached hydrogens (tertiary/aromatic N) is 2. The van der Waals surface area contributed by atoms with E-state index in [1.165, 1.54) is 29.9 Å². The predicted octanol–water partition coefficient (Wildman–Crippen LogP) is 3.76. The normalized spacial score (nSPS) is 14.7. The number of carbonyl (C=O) groups excluding carboxylic acids is 1. The van der Waals surface area contributed by atoms with Gasteiger partial charge in [0.15, 0.2) is 5.13 Å². The molecule has 4 nitrogen and oxygen atoms in total. The number of thiazole rings is 1. The van der Waals surface area contributed by atoms with Gasteiger partial charge in [0.2, 0.25) is 5.91 Å². The van der Waals surface area contributed by atoms with Gasteiger partial charge in [-0.25, -0.2) is 9.37 Å². The summed E-state index contributed by atoms with van der Waals surface area (Å²) in [6.45, 7) is 2.38. The molecule has 1 fully saturated rings. The minimum Gasteiger partial charge on any atom is -0.361 e. The molecule has 0 atom stereocenters. The van der Waals surface area contributed by atoms with Gasteiger partial charge in [0.1, 0.15) is 5.82 Å². The SMILES string of the molecule is O=C(CCNc1nc(-c2ccc(F)cc2)cs1)N1CCCCC1. The van der Waals surface area contributed by atoms with E-state index in [0.29, 0.717) is 13.0 Å². The molecule has 6 heteroatoms. The number of benzene rings is 1. The highest BCUT2D eigenvalue weighted by molar-refractivity contribution is 7.14. The summed E-state index contributed by atoms with van der Waals surface area (Å²) in [6, 6.07) is 6.29. The first kappa shape index (κ1) is 15.9. The minimum absolute atomic E-state index is 0.215. The zero-order valence-electron chi connectivity index (χ0n) is 12.9. The Labute approximate surface area is 139 Å². The fraction of sp³-hybridized carbons (Fsp3) is 0.412. The first-order chi connectivity index (χ1) is 11.2. The zero-order valence-corrected chi connectivity index (χ0v) is 13.7. The molecule has 1 aliphatic rings. The van der Waals surface area contributed by atoms with Crippen molar-refractivity contribution in [2.24, 2.45) is 0 Å². The molecule has 0 radical (unpaired) electrons. The molecular weight excluding hydrogens is 313 g/mol. The fourth-order valence-electron chi connectivity index (χ4n) is 2.69. The molecule has 0 spiro atoms. The summed E-state index contributed by atoms with van der Waals surface area (Å²) < 4.78 is 12.9. The second-order valence-electron chi connectivity index (χ2n) is 5.66. The quantitative estimate of drug-likeness (QED) is 0.906. The number of rotatable bonds is 5. The van der Waals surface area contributed by atoms with E-state index in [-0.39, 0.29) is 11.7 Å². The highest BCUT2D eigenvalue weighted by atomic mass is 32.1. The Morgan fingerprint density at radius 1 is 1.22 bits per heavy atom. The van der Waals surface area contributed by atoms with E-state index < -0.39 is 0 Å². The Morgan fingerprint density at radius 3 is 2.70 bits per heavy atom. The molecule has 0 aliphatic carbocycles. The van der Waals surface area contributed by atoms with Crippen molar-refractivity contribution in [3.8, 4) is 11.3 Å². The molecule has 2 heterocycles. The van der Waals surface area contributed by atoms with Crippen LogP contribution in [0.4, 0.5) is 9.52 Å². The number of likely N-dealkylation sites (tertiary alicyclic amines) is 1. The lowest BCUT2D eigenvalue weighted by molar-refractivity contribution is -0.131. The minimum atomic E-state index is -0.251. The smallest absolute Gasteiger partial charge is 0.224 e. The Balaban J connectivity index is 1.49. The number of hydrogen-bond donors (Lipinski definition) is 1. The van der Waals surface area contributed by atoms with Gasteiger partial charge in [-0.1, -0.05) is 0 Å². The molecular formula is C17H20FN3OS. The van der Waals surface area contributed by atoms with Gasteiger partial charge in [0.25, 0.3) is 0 Å². The van der Waals surface area contributed by atoms with Crippen molar-refractivity contribution in [3.05, 3.63) is 35.5 Å². The van der Waals surface area contributed by atoms with E-state index in [1.54, 1.807) is 12.1 Å². The Kier molecular flexibility index (Phi) is 5.23. The summed E-state index contributed by atoms with van der Waals surface area (Å²) in [7, 11) is 0. The van der Waals surface area contributed by atoms with E-state index in [2.05, 4.69) is 10.3 Å². The van der Waals surface area contributed by atoms with Gasteiger partial charge in [-0.2, -0.15) is 0 Å². The van der Waals surface area contributed by atoms with Crippen LogP contribution in [0.2, 0.25) is 0 Å². The van der Waals surface area contributed by atoms with Crippen molar-refractivity contribution < 1.29 is 9.18 Å². The van der Waals surface area contributed by atoms with Crippen LogP contribution in [-0.2, 0) is 4.79 Å². The summed E-state index contributed by atoms with van der Waals surface area (Å²) in [6.07, 6.45) is 3.96. The van der Waals surface area contributed by atoms with Crippen molar-refractivity contribution in [3.63, 3.8) is 0 Å². The van der Waals surface area contributed by atoms with Crippen LogP contribution in [-0.4, -0.2) is 35.4 Å². The molecule has 122 valence electrons. The lowest BCUT2D eigenvalue weighted by Crippen LogP contribution is -2.36. The van der Waals surface area contributed by atoms with Crippen molar-refractivity contribution in [1.82, 2.24) is 9.88 Å². The highest BCUT2D eigenvalue weighted by Crippen LogP contribution is 2.25. The summed E-state index contributed by atoms with van der Waals surface area (Å²) in [5, 5.41) is 5.92. The van der Waals surface area contributed by atoms with Gasteiger partial charge >= 0.3 is 0 Å². The molecule has 2 aromatic rings. The highest BCUT2D eigenvalue weighted by Gasteiger charge is 2.15. The van der Waals surface area contributed by atoms with Crippen molar-refractivity contribution in [2.45, 2.75) is 25.7 Å². The number of anilines is 1. The van der Waals surface area contributed by atoms with Crippen LogP contribution >= 0.6 is 11.3 Å². The van der Waals surface area contributed by atoms with Crippen LogP contribution in [0.5, 0.6) is 0 Å². The third kappa shape index (κ3) is 4.28. The van der Waals surface area contributed by atoms with Crippen molar-refractivity contribution in [2.75, 3.05) is 25.0 Å². The first-order valence-electron chi connectivity index (χ1n) is 7.95. The summed E-state index contributed by atoms with van der Waals surface area (Å²) in [5.41, 5.74) is 1.71. The maximum absolute atomic E-state index is 12.9. The third-order valence-electron chi connectivity index (χ3n) is 3.97. The summed E-state index contributed by atoms with van der Waals surface area (Å²) in [5.74, 6) is -0.0360. The third-order valence-corrected chi connectivity index (χ3v) is 4.77. The molecule has 1 amide bonds. The Hall–Kier alpha value is -1.95. The number of piperidine rings is 1. The monoisotopic (exact) mass is 333 g/mol. The topological polar surface area (TPSA) is 45.2 Å². The number of hydrogen-bond acceptors (Lipinski definition) is 4. The molecule has 3 rings (SSSR count). The van der Waals surface area contributed by atoms with Gasteiger partial charge in [-0.3, -0.25) is 4.79 Å². The molecule has 0 saturated carbocycles. The number of aromatic nitrogens is 1. The molecule has 1 aromatic heterocycles. The molecule has 23 heavy (non-hydrogen) atoms. The summed E-state index contributed by atoms with van der Waals surface area (Å²) in [4.78, 5) is 18.5. The van der Waals surface area contributed by atoms with E-state index in [9.17, 15) is 9.18 Å². The number of carbonyl (C=O) groups is 1. The fourth-order valence-corrected chi connectivity index (χ4v) is 3.43. The maximum atomic E-state index is 12.9. The van der Waals surface area contributed by atoms with E-state index in [0.717, 1.165) is 42.3 Å². The van der Waals surface area contributed by atoms with Gasteiger partial charge in [-0.15, -0.1) is 11.3 Å². The standard InChI is InChI=1S/C17H20FN3OS/c18-14-6-4-13(5-7-14)15-12-23-17(20-15)19-9-8-16(22)21-10-2-1-3-11-21/h4-7,12H,1-3,8-11H2,(H,19,20). The summed E-state index contributed by atoms with van der Waals surface area (Å²) >= 11 is 1.49. The zero-order chi connectivity index (χ0) is 16.1. The van der Waals surface area contributed by atoms with Crippen LogP contribution in [0.15, 0.2) is 29.6 Å². The van der Waals surface area contributed by atoms with E-state index in [4.69, 9.17) is 0 Å². The molecule has 1 aliphatic heterocycles. The van der Waals surface area contributed by atoms with Crippen LogP contribution in [0.3, 0.4) is 0 Å². The van der Waals surface area contributed by atoms with Crippen LogP contribution in [0.1, 0.15) is 25.7 Å². The van der Waals surface area contributed by atoms with Crippen molar-refractivity contribution in [1.29, 1.82) is 0 Å². The van der Waals surface area contributed by atoms with Crippen LogP contribution in [0, 0.1) is 5.82 Å². The van der Waals surface area contributed by atoms with E-state index >= 15 is 0 Å². The lowest BCUT2D eigenvalue weighted by Gasteiger charge is -2.26. The van der Waals surface area contributed by atoms with E-state index in [1.807, 2.05) is 10.3 Å². The predicted molar refractivity (Wildman–Crippen MR) is 91.0 cm³/mol. The maximum Gasteiger partial charge on any atom is 0.224 e. The molecule has 0 unspecified atom stereocenters.